The van der Waals surface area contributed by atoms with Gasteiger partial charge in [-0.25, -0.2) is 0 Å². The van der Waals surface area contributed by atoms with Gasteiger partial charge in [0.2, 0.25) is 0 Å². The zero-order chi connectivity index (χ0) is 14.7. The molecule has 1 aliphatic heterocycles. The van der Waals surface area contributed by atoms with Crippen molar-refractivity contribution < 1.29 is 4.74 Å². The molecule has 2 unspecified atom stereocenters. The summed E-state index contributed by atoms with van der Waals surface area (Å²) in [5, 5.41) is 0.0664. The number of alkyl halides is 1. The maximum Gasteiger partial charge on any atom is 0.0612 e. The van der Waals surface area contributed by atoms with Crippen molar-refractivity contribution in [3.8, 4) is 0 Å². The van der Waals surface area contributed by atoms with Crippen LogP contribution in [0.1, 0.15) is 80.9 Å². The molecule has 0 saturated carbocycles. The Labute approximate surface area is 128 Å². The van der Waals surface area contributed by atoms with Crippen LogP contribution < -0.4 is 0 Å². The number of halogens is 1. The Morgan fingerprint density at radius 2 is 1.90 bits per heavy atom. The van der Waals surface area contributed by atoms with Crippen molar-refractivity contribution in [1.29, 1.82) is 0 Å². The third-order valence-electron chi connectivity index (χ3n) is 4.23. The highest BCUT2D eigenvalue weighted by Gasteiger charge is 2.23. The maximum atomic E-state index is 6.69. The van der Waals surface area contributed by atoms with Gasteiger partial charge in [-0.3, -0.25) is 0 Å². The van der Waals surface area contributed by atoms with Crippen molar-refractivity contribution in [2.45, 2.75) is 70.3 Å². The fourth-order valence-electron chi connectivity index (χ4n) is 2.93. The smallest absolute Gasteiger partial charge is 0.0612 e. The third kappa shape index (κ3) is 3.77. The zero-order valence-corrected chi connectivity index (χ0v) is 13.9. The van der Waals surface area contributed by atoms with Crippen molar-refractivity contribution in [2.75, 3.05) is 6.61 Å². The molecule has 1 aromatic rings. The number of ether oxygens (including phenoxy) is 1. The van der Waals surface area contributed by atoms with Crippen molar-refractivity contribution in [2.24, 2.45) is 0 Å². The molecular weight excluding hydrogens is 268 g/mol. The number of hydrogen-bond donors (Lipinski definition) is 0. The SMILES string of the molecule is CC(C)c1ccc(C(Cl)CC2CCCO2)c(C(C)C)c1. The third-order valence-corrected chi connectivity index (χ3v) is 4.64. The molecule has 1 aliphatic rings. The van der Waals surface area contributed by atoms with Crippen LogP contribution in [0.4, 0.5) is 0 Å². The molecule has 1 fully saturated rings. The van der Waals surface area contributed by atoms with E-state index in [0.717, 1.165) is 19.4 Å². The van der Waals surface area contributed by atoms with Crippen LogP contribution in [0.2, 0.25) is 0 Å². The molecular formula is C18H27ClO. The summed E-state index contributed by atoms with van der Waals surface area (Å²) in [6.07, 6.45) is 3.62. The molecule has 2 atom stereocenters. The Hall–Kier alpha value is -0.530. The molecule has 0 bridgehead atoms. The lowest BCUT2D eigenvalue weighted by molar-refractivity contribution is 0.103. The second-order valence-corrected chi connectivity index (χ2v) is 7.06. The summed E-state index contributed by atoms with van der Waals surface area (Å²) in [4.78, 5) is 0. The summed E-state index contributed by atoms with van der Waals surface area (Å²) in [6, 6.07) is 6.81. The predicted molar refractivity (Wildman–Crippen MR) is 86.8 cm³/mol. The molecule has 1 saturated heterocycles. The van der Waals surface area contributed by atoms with E-state index < -0.39 is 0 Å². The Bertz CT molecular complexity index is 433. The number of hydrogen-bond acceptors (Lipinski definition) is 1. The summed E-state index contributed by atoms with van der Waals surface area (Å²) in [5.41, 5.74) is 4.09. The first-order chi connectivity index (χ1) is 9.49. The molecule has 0 aromatic heterocycles. The van der Waals surface area contributed by atoms with Crippen molar-refractivity contribution in [3.05, 3.63) is 34.9 Å². The lowest BCUT2D eigenvalue weighted by Gasteiger charge is -2.21. The zero-order valence-electron chi connectivity index (χ0n) is 13.2. The Kier molecular flexibility index (Phi) is 5.51. The molecule has 0 radical (unpaired) electrons. The van der Waals surface area contributed by atoms with E-state index in [0.29, 0.717) is 17.9 Å². The fourth-order valence-corrected chi connectivity index (χ4v) is 3.32. The van der Waals surface area contributed by atoms with Gasteiger partial charge < -0.3 is 4.74 Å². The average Bonchev–Trinajstić information content (AvgIpc) is 2.90. The summed E-state index contributed by atoms with van der Waals surface area (Å²) < 4.78 is 5.72. The lowest BCUT2D eigenvalue weighted by atomic mass is 9.89. The van der Waals surface area contributed by atoms with Crippen molar-refractivity contribution in [3.63, 3.8) is 0 Å². The van der Waals surface area contributed by atoms with Gasteiger partial charge in [0.05, 0.1) is 11.5 Å². The van der Waals surface area contributed by atoms with E-state index in [4.69, 9.17) is 16.3 Å². The van der Waals surface area contributed by atoms with Crippen LogP contribution in [0.5, 0.6) is 0 Å². The molecule has 20 heavy (non-hydrogen) atoms. The van der Waals surface area contributed by atoms with E-state index >= 15 is 0 Å². The van der Waals surface area contributed by atoms with Crippen LogP contribution in [-0.2, 0) is 4.74 Å². The normalized spacial score (nSPS) is 20.9. The summed E-state index contributed by atoms with van der Waals surface area (Å²) in [7, 11) is 0. The highest BCUT2D eigenvalue weighted by atomic mass is 35.5. The Morgan fingerprint density at radius 3 is 2.45 bits per heavy atom. The van der Waals surface area contributed by atoms with Gasteiger partial charge in [0.1, 0.15) is 0 Å². The first-order valence-corrected chi connectivity index (χ1v) is 8.32. The van der Waals surface area contributed by atoms with Gasteiger partial charge in [0, 0.05) is 6.61 Å². The maximum absolute atomic E-state index is 6.69. The number of benzene rings is 1. The molecule has 0 amide bonds. The summed E-state index contributed by atoms with van der Waals surface area (Å²) in [5.74, 6) is 1.07. The van der Waals surface area contributed by atoms with E-state index in [2.05, 4.69) is 45.9 Å². The molecule has 1 nitrogen and oxygen atoms in total. The first-order valence-electron chi connectivity index (χ1n) is 7.88. The van der Waals surface area contributed by atoms with Gasteiger partial charge in [-0.15, -0.1) is 11.6 Å². The van der Waals surface area contributed by atoms with Gasteiger partial charge in [0.25, 0.3) is 0 Å². The van der Waals surface area contributed by atoms with Gasteiger partial charge in [0.15, 0.2) is 0 Å². The van der Waals surface area contributed by atoms with Crippen LogP contribution in [-0.4, -0.2) is 12.7 Å². The molecule has 112 valence electrons. The molecule has 0 N–H and O–H groups in total. The van der Waals surface area contributed by atoms with Crippen LogP contribution in [0.25, 0.3) is 0 Å². The Balaban J connectivity index is 2.20. The van der Waals surface area contributed by atoms with E-state index in [9.17, 15) is 0 Å². The molecule has 2 heteroatoms. The van der Waals surface area contributed by atoms with E-state index in [1.54, 1.807) is 0 Å². The van der Waals surface area contributed by atoms with E-state index in [1.807, 2.05) is 0 Å². The first kappa shape index (κ1) is 15.9. The van der Waals surface area contributed by atoms with Gasteiger partial charge in [-0.1, -0.05) is 45.9 Å². The Morgan fingerprint density at radius 1 is 1.15 bits per heavy atom. The quantitative estimate of drug-likeness (QED) is 0.625. The molecule has 0 aliphatic carbocycles. The van der Waals surface area contributed by atoms with Crippen LogP contribution in [0.3, 0.4) is 0 Å². The summed E-state index contributed by atoms with van der Waals surface area (Å²) >= 11 is 6.69. The minimum absolute atomic E-state index is 0.0664. The topological polar surface area (TPSA) is 9.23 Å². The molecule has 1 heterocycles. The largest absolute Gasteiger partial charge is 0.378 e. The summed E-state index contributed by atoms with van der Waals surface area (Å²) in [6.45, 7) is 9.88. The van der Waals surface area contributed by atoms with Crippen molar-refractivity contribution in [1.82, 2.24) is 0 Å². The van der Waals surface area contributed by atoms with Crippen LogP contribution >= 0.6 is 11.6 Å². The monoisotopic (exact) mass is 294 g/mol. The highest BCUT2D eigenvalue weighted by Crippen LogP contribution is 2.36. The second kappa shape index (κ2) is 6.95. The highest BCUT2D eigenvalue weighted by molar-refractivity contribution is 6.21. The van der Waals surface area contributed by atoms with Gasteiger partial charge in [-0.05, 0) is 47.8 Å². The predicted octanol–water partition coefficient (Wildman–Crippen LogP) is 5.78. The van der Waals surface area contributed by atoms with E-state index in [-0.39, 0.29) is 5.38 Å². The molecule has 1 aromatic carbocycles. The van der Waals surface area contributed by atoms with Crippen LogP contribution in [0, 0.1) is 0 Å². The van der Waals surface area contributed by atoms with Gasteiger partial charge >= 0.3 is 0 Å². The standard InChI is InChI=1S/C18H27ClO/c1-12(2)14-7-8-16(17(10-14)13(3)4)18(19)11-15-6-5-9-20-15/h7-8,10,12-13,15,18H,5-6,9,11H2,1-4H3. The van der Waals surface area contributed by atoms with Crippen LogP contribution in [0.15, 0.2) is 18.2 Å². The fraction of sp³-hybridized carbons (Fsp3) is 0.667. The number of rotatable bonds is 5. The second-order valence-electron chi connectivity index (χ2n) is 6.54. The van der Waals surface area contributed by atoms with E-state index in [1.165, 1.54) is 23.1 Å². The molecule has 0 spiro atoms. The minimum Gasteiger partial charge on any atom is -0.378 e. The van der Waals surface area contributed by atoms with Gasteiger partial charge in [-0.2, -0.15) is 0 Å². The average molecular weight is 295 g/mol. The molecule has 2 rings (SSSR count). The minimum atomic E-state index is 0.0664. The lowest BCUT2D eigenvalue weighted by Crippen LogP contribution is -2.10. The van der Waals surface area contributed by atoms with Crippen molar-refractivity contribution >= 4 is 11.6 Å².